The number of nitrogens with one attached hydrogen (secondary N) is 1. The number of halogens is 1. The van der Waals surface area contributed by atoms with Crippen LogP contribution in [0.25, 0.3) is 0 Å². The van der Waals surface area contributed by atoms with E-state index in [1.807, 2.05) is 18.2 Å². The number of carbonyl (C=O) groups is 1. The molecule has 1 unspecified atom stereocenters. The van der Waals surface area contributed by atoms with Gasteiger partial charge in [-0.25, -0.2) is 0 Å². The Morgan fingerprint density at radius 2 is 2.42 bits per heavy atom. The van der Waals surface area contributed by atoms with Crippen LogP contribution in [0.3, 0.4) is 0 Å². The van der Waals surface area contributed by atoms with Gasteiger partial charge in [0, 0.05) is 30.3 Å². The summed E-state index contributed by atoms with van der Waals surface area (Å²) in [5.74, 6) is -0.0182. The Bertz CT molecular complexity index is 467. The molecule has 0 aliphatic carbocycles. The second kappa shape index (κ2) is 6.36. The summed E-state index contributed by atoms with van der Waals surface area (Å²) in [6.07, 6.45) is 0. The number of nitrogen functional groups attached to an aromatic ring is 1. The minimum atomic E-state index is -0.248. The number of ether oxygens (including phenoxy) is 1. The first-order chi connectivity index (χ1) is 9.11. The smallest absolute Gasteiger partial charge is 0.239 e. The quantitative estimate of drug-likeness (QED) is 0.812. The Hall–Kier alpha value is -1.11. The maximum atomic E-state index is 11.8. The van der Waals surface area contributed by atoms with E-state index >= 15 is 0 Å². The predicted molar refractivity (Wildman–Crippen MR) is 77.6 cm³/mol. The topological polar surface area (TPSA) is 67.6 Å². The molecule has 1 aliphatic heterocycles. The van der Waals surface area contributed by atoms with E-state index in [1.54, 1.807) is 7.05 Å². The molecule has 1 aromatic rings. The predicted octanol–water partition coefficient (Wildman–Crippen LogP) is 0.978. The van der Waals surface area contributed by atoms with Gasteiger partial charge in [0.2, 0.25) is 5.91 Å². The van der Waals surface area contributed by atoms with Gasteiger partial charge >= 0.3 is 0 Å². The number of amides is 1. The number of rotatable bonds is 3. The summed E-state index contributed by atoms with van der Waals surface area (Å²) >= 11 is 3.39. The zero-order valence-electron chi connectivity index (χ0n) is 10.9. The largest absolute Gasteiger partial charge is 0.398 e. The number of anilines is 1. The minimum Gasteiger partial charge on any atom is -0.398 e. The molecular formula is C13H18BrN3O2. The van der Waals surface area contributed by atoms with Gasteiger partial charge in [0.05, 0.1) is 13.2 Å². The number of carbonyl (C=O) groups excluding carboxylic acids is 1. The molecule has 0 bridgehead atoms. The molecule has 1 amide bonds. The van der Waals surface area contributed by atoms with E-state index in [0.29, 0.717) is 19.8 Å². The molecular weight excluding hydrogens is 310 g/mol. The summed E-state index contributed by atoms with van der Waals surface area (Å²) in [4.78, 5) is 13.9. The molecule has 2 rings (SSSR count). The van der Waals surface area contributed by atoms with Crippen molar-refractivity contribution in [1.82, 2.24) is 10.2 Å². The molecule has 19 heavy (non-hydrogen) atoms. The normalized spacial score (nSPS) is 20.2. The maximum absolute atomic E-state index is 11.8. The van der Waals surface area contributed by atoms with Crippen molar-refractivity contribution < 1.29 is 9.53 Å². The van der Waals surface area contributed by atoms with Crippen LogP contribution in [0.2, 0.25) is 0 Å². The van der Waals surface area contributed by atoms with Crippen molar-refractivity contribution in [3.05, 3.63) is 28.2 Å². The lowest BCUT2D eigenvalue weighted by atomic mass is 10.1. The highest BCUT2D eigenvalue weighted by Crippen LogP contribution is 2.21. The molecule has 3 N–H and O–H groups in total. The fourth-order valence-electron chi connectivity index (χ4n) is 2.16. The molecule has 0 spiro atoms. The average Bonchev–Trinajstić information content (AvgIpc) is 2.41. The Morgan fingerprint density at radius 3 is 3.11 bits per heavy atom. The molecule has 1 saturated heterocycles. The number of likely N-dealkylation sites (N-methyl/N-ethyl adjacent to an activating group) is 1. The molecule has 0 saturated carbocycles. The SMILES string of the molecule is CNC(=O)C1COCCN1Cc1ccc(Br)cc1N. The lowest BCUT2D eigenvalue weighted by Gasteiger charge is -2.34. The van der Waals surface area contributed by atoms with Gasteiger partial charge in [-0.05, 0) is 17.7 Å². The van der Waals surface area contributed by atoms with E-state index in [0.717, 1.165) is 22.3 Å². The molecule has 5 nitrogen and oxygen atoms in total. The van der Waals surface area contributed by atoms with Crippen LogP contribution in [0.1, 0.15) is 5.56 Å². The van der Waals surface area contributed by atoms with Gasteiger partial charge in [0.1, 0.15) is 6.04 Å². The number of nitrogens with two attached hydrogens (primary N) is 1. The van der Waals surface area contributed by atoms with Crippen LogP contribution >= 0.6 is 15.9 Å². The van der Waals surface area contributed by atoms with Crippen LogP contribution < -0.4 is 11.1 Å². The van der Waals surface area contributed by atoms with Gasteiger partial charge in [-0.15, -0.1) is 0 Å². The Labute approximate surface area is 121 Å². The van der Waals surface area contributed by atoms with E-state index in [2.05, 4.69) is 26.1 Å². The zero-order chi connectivity index (χ0) is 13.8. The highest BCUT2D eigenvalue weighted by molar-refractivity contribution is 9.10. The van der Waals surface area contributed by atoms with Crippen molar-refractivity contribution in [2.45, 2.75) is 12.6 Å². The van der Waals surface area contributed by atoms with E-state index in [-0.39, 0.29) is 11.9 Å². The van der Waals surface area contributed by atoms with E-state index in [4.69, 9.17) is 10.5 Å². The van der Waals surface area contributed by atoms with Crippen LogP contribution in [0.4, 0.5) is 5.69 Å². The molecule has 6 heteroatoms. The number of nitrogens with zero attached hydrogens (tertiary/aromatic N) is 1. The summed E-state index contributed by atoms with van der Waals surface area (Å²) in [6.45, 7) is 2.45. The summed E-state index contributed by atoms with van der Waals surface area (Å²) in [5.41, 5.74) is 7.76. The van der Waals surface area contributed by atoms with Crippen molar-refractivity contribution >= 4 is 27.5 Å². The Morgan fingerprint density at radius 1 is 1.63 bits per heavy atom. The summed E-state index contributed by atoms with van der Waals surface area (Å²) in [6, 6.07) is 5.57. The van der Waals surface area contributed by atoms with Gasteiger partial charge in [-0.3, -0.25) is 9.69 Å². The fraction of sp³-hybridized carbons (Fsp3) is 0.462. The van der Waals surface area contributed by atoms with Crippen molar-refractivity contribution in [1.29, 1.82) is 0 Å². The van der Waals surface area contributed by atoms with Crippen LogP contribution in [-0.4, -0.2) is 43.7 Å². The van der Waals surface area contributed by atoms with Crippen LogP contribution in [0.15, 0.2) is 22.7 Å². The summed E-state index contributed by atoms with van der Waals surface area (Å²) in [5, 5.41) is 2.67. The van der Waals surface area contributed by atoms with Crippen molar-refractivity contribution in [3.63, 3.8) is 0 Å². The average molecular weight is 328 g/mol. The van der Waals surface area contributed by atoms with Crippen molar-refractivity contribution in [2.24, 2.45) is 0 Å². The highest BCUT2D eigenvalue weighted by atomic mass is 79.9. The Balaban J connectivity index is 2.13. The number of hydrogen-bond acceptors (Lipinski definition) is 4. The third-order valence-corrected chi connectivity index (χ3v) is 3.76. The van der Waals surface area contributed by atoms with E-state index < -0.39 is 0 Å². The van der Waals surface area contributed by atoms with Crippen molar-refractivity contribution in [2.75, 3.05) is 32.5 Å². The van der Waals surface area contributed by atoms with Gasteiger partial charge in [-0.2, -0.15) is 0 Å². The molecule has 1 fully saturated rings. The van der Waals surface area contributed by atoms with Gasteiger partial charge < -0.3 is 15.8 Å². The van der Waals surface area contributed by atoms with Gasteiger partial charge in [-0.1, -0.05) is 22.0 Å². The van der Waals surface area contributed by atoms with Gasteiger partial charge in [0.15, 0.2) is 0 Å². The molecule has 0 aromatic heterocycles. The van der Waals surface area contributed by atoms with Crippen LogP contribution in [0, 0.1) is 0 Å². The molecule has 1 atom stereocenters. The maximum Gasteiger partial charge on any atom is 0.239 e. The molecule has 0 radical (unpaired) electrons. The molecule has 104 valence electrons. The number of hydrogen-bond donors (Lipinski definition) is 2. The van der Waals surface area contributed by atoms with Crippen LogP contribution in [-0.2, 0) is 16.1 Å². The number of morpholine rings is 1. The molecule has 1 aromatic carbocycles. The van der Waals surface area contributed by atoms with E-state index in [9.17, 15) is 4.79 Å². The first-order valence-corrected chi connectivity index (χ1v) is 6.98. The third-order valence-electron chi connectivity index (χ3n) is 3.27. The summed E-state index contributed by atoms with van der Waals surface area (Å²) < 4.78 is 6.34. The monoisotopic (exact) mass is 327 g/mol. The second-order valence-corrected chi connectivity index (χ2v) is 5.43. The Kier molecular flexibility index (Phi) is 4.79. The molecule has 1 heterocycles. The minimum absolute atomic E-state index is 0.0182. The molecule has 1 aliphatic rings. The summed E-state index contributed by atoms with van der Waals surface area (Å²) in [7, 11) is 1.64. The van der Waals surface area contributed by atoms with Crippen LogP contribution in [0.5, 0.6) is 0 Å². The number of benzene rings is 1. The first kappa shape index (κ1) is 14.3. The zero-order valence-corrected chi connectivity index (χ0v) is 12.4. The second-order valence-electron chi connectivity index (χ2n) is 4.52. The van der Waals surface area contributed by atoms with Gasteiger partial charge in [0.25, 0.3) is 0 Å². The lowest BCUT2D eigenvalue weighted by Crippen LogP contribution is -2.52. The lowest BCUT2D eigenvalue weighted by molar-refractivity contribution is -0.132. The first-order valence-electron chi connectivity index (χ1n) is 6.19. The standard InChI is InChI=1S/C13H18BrN3O2/c1-16-13(18)12-8-19-5-4-17(12)7-9-2-3-10(14)6-11(9)15/h2-3,6,12H,4-5,7-8,15H2,1H3,(H,16,18). The third kappa shape index (κ3) is 3.46. The van der Waals surface area contributed by atoms with Crippen molar-refractivity contribution in [3.8, 4) is 0 Å². The fourth-order valence-corrected chi connectivity index (χ4v) is 2.54. The van der Waals surface area contributed by atoms with E-state index in [1.165, 1.54) is 0 Å². The highest BCUT2D eigenvalue weighted by Gasteiger charge is 2.28.